The molecule has 0 aliphatic carbocycles. The Morgan fingerprint density at radius 1 is 1.27 bits per heavy atom. The van der Waals surface area contributed by atoms with Gasteiger partial charge in [0.2, 0.25) is 0 Å². The number of halogens is 3. The quantitative estimate of drug-likeness (QED) is 0.430. The maximum atomic E-state index is 11.6. The molecule has 0 fully saturated rings. The Bertz CT molecular complexity index is 119. The number of hydrogen-bond donors (Lipinski definition) is 0. The van der Waals surface area contributed by atoms with Gasteiger partial charge in [-0.2, -0.15) is 8.78 Å². The fourth-order valence-corrected chi connectivity index (χ4v) is 0.199. The molecule has 11 heavy (non-hydrogen) atoms. The zero-order chi connectivity index (χ0) is 7.44. The van der Waals surface area contributed by atoms with Gasteiger partial charge in [-0.05, 0) is 0 Å². The molecule has 0 spiro atoms. The largest absolute Gasteiger partial charge is 1.00 e. The summed E-state index contributed by atoms with van der Waals surface area (Å²) in [4.78, 5) is 0. The number of hydrogen-bond acceptors (Lipinski definition) is 2. The van der Waals surface area contributed by atoms with E-state index in [2.05, 4.69) is 0 Å². The van der Waals surface area contributed by atoms with Crippen molar-refractivity contribution in [1.29, 1.82) is 0 Å². The monoisotopic (exact) mass is 216 g/mol. The van der Waals surface area contributed by atoms with Crippen LogP contribution in [-0.2, 0) is 0 Å². The van der Waals surface area contributed by atoms with Gasteiger partial charge in [0.15, 0.2) is 0 Å². The van der Waals surface area contributed by atoms with Crippen LogP contribution in [0.2, 0.25) is 0 Å². The van der Waals surface area contributed by atoms with Crippen LogP contribution in [0.1, 0.15) is 0 Å². The molecular formula is C3H2BF3K2O2. The van der Waals surface area contributed by atoms with E-state index < -0.39 is 19.3 Å². The third kappa shape index (κ3) is 12.8. The van der Waals surface area contributed by atoms with Gasteiger partial charge < -0.3 is 10.0 Å². The molecule has 0 aromatic heterocycles. The SMILES string of the molecule is [K+].[K+].[O-]B([O-])C(F)C=C(F)F. The Balaban J connectivity index is -0.000000320. The fraction of sp³-hybridized carbons (Fsp3) is 0.333. The summed E-state index contributed by atoms with van der Waals surface area (Å²) in [7, 11) is -2.87. The maximum absolute atomic E-state index is 11.6. The molecule has 0 aliphatic heterocycles. The van der Waals surface area contributed by atoms with Crippen LogP contribution in [0.15, 0.2) is 12.2 Å². The van der Waals surface area contributed by atoms with Crippen molar-refractivity contribution < 1.29 is 126 Å². The molecule has 0 aromatic rings. The van der Waals surface area contributed by atoms with E-state index in [-0.39, 0.29) is 109 Å². The Morgan fingerprint density at radius 3 is 1.73 bits per heavy atom. The fourth-order valence-electron chi connectivity index (χ4n) is 0.199. The van der Waals surface area contributed by atoms with Crippen molar-refractivity contribution in [3.05, 3.63) is 12.2 Å². The van der Waals surface area contributed by atoms with Crippen LogP contribution in [-0.4, -0.2) is 13.2 Å². The van der Waals surface area contributed by atoms with Crippen LogP contribution >= 0.6 is 0 Å². The van der Waals surface area contributed by atoms with Crippen LogP contribution in [0.25, 0.3) is 0 Å². The Morgan fingerprint density at radius 2 is 1.64 bits per heavy atom. The molecule has 0 radical (unpaired) electrons. The number of alkyl halides is 1. The van der Waals surface area contributed by atoms with Crippen LogP contribution in [0.5, 0.6) is 0 Å². The Hall–Kier alpha value is 2.79. The minimum Gasteiger partial charge on any atom is -0.891 e. The van der Waals surface area contributed by atoms with Crippen LogP contribution < -0.4 is 113 Å². The van der Waals surface area contributed by atoms with Crippen LogP contribution in [0, 0.1) is 0 Å². The van der Waals surface area contributed by atoms with E-state index in [9.17, 15) is 23.2 Å². The van der Waals surface area contributed by atoms with Gasteiger partial charge in [0.25, 0.3) is 6.08 Å². The minimum atomic E-state index is -2.87. The zero-order valence-corrected chi connectivity index (χ0v) is 12.4. The third-order valence-electron chi connectivity index (χ3n) is 0.545. The molecule has 0 heterocycles. The zero-order valence-electron chi connectivity index (χ0n) is 6.18. The summed E-state index contributed by atoms with van der Waals surface area (Å²) < 4.78 is 33.6. The molecule has 1 unspecified atom stereocenters. The van der Waals surface area contributed by atoms with Gasteiger partial charge >= 0.3 is 103 Å². The number of allylic oxidation sites excluding steroid dienone is 1. The average molecular weight is 216 g/mol. The Labute approximate surface area is 148 Å². The molecule has 1 atom stereocenters. The second-order valence-electron chi connectivity index (χ2n) is 1.27. The van der Waals surface area contributed by atoms with Crippen LogP contribution in [0.4, 0.5) is 13.2 Å². The normalized spacial score (nSPS) is 10.3. The average Bonchev–Trinajstić information content (AvgIpc) is 1.63. The molecule has 0 rings (SSSR count). The van der Waals surface area contributed by atoms with E-state index in [0.29, 0.717) is 0 Å². The first-order chi connectivity index (χ1) is 4.04. The van der Waals surface area contributed by atoms with Crippen LogP contribution in [0.3, 0.4) is 0 Å². The first-order valence-electron chi connectivity index (χ1n) is 2.02. The minimum absolute atomic E-state index is 0. The molecule has 0 saturated carbocycles. The molecule has 0 N–H and O–H groups in total. The topological polar surface area (TPSA) is 46.1 Å². The molecule has 52 valence electrons. The van der Waals surface area contributed by atoms with E-state index in [4.69, 9.17) is 0 Å². The van der Waals surface area contributed by atoms with Gasteiger partial charge in [-0.15, -0.1) is 0 Å². The summed E-state index contributed by atoms with van der Waals surface area (Å²) in [5.41, 5.74) is 0. The van der Waals surface area contributed by atoms with E-state index in [1.807, 2.05) is 0 Å². The predicted octanol–water partition coefficient (Wildman–Crippen LogP) is -7.14. The summed E-state index contributed by atoms with van der Waals surface area (Å²) in [6.07, 6.45) is -5.28. The van der Waals surface area contributed by atoms with Crippen molar-refractivity contribution in [2.45, 2.75) is 6.07 Å². The molecule has 0 saturated heterocycles. The van der Waals surface area contributed by atoms with Gasteiger partial charge in [0.05, 0.1) is 6.07 Å². The van der Waals surface area contributed by atoms with Gasteiger partial charge in [0, 0.05) is 6.08 Å². The number of rotatable bonds is 2. The summed E-state index contributed by atoms with van der Waals surface area (Å²) in [5.74, 6) is 0. The second-order valence-corrected chi connectivity index (χ2v) is 1.27. The van der Waals surface area contributed by atoms with E-state index in [1.54, 1.807) is 0 Å². The summed E-state index contributed by atoms with van der Waals surface area (Å²) >= 11 is 0. The molecule has 2 nitrogen and oxygen atoms in total. The molecule has 0 aromatic carbocycles. The van der Waals surface area contributed by atoms with Gasteiger partial charge in [-0.25, -0.2) is 0 Å². The van der Waals surface area contributed by atoms with Gasteiger partial charge in [0.1, 0.15) is 0 Å². The van der Waals surface area contributed by atoms with Crippen molar-refractivity contribution >= 4 is 7.12 Å². The van der Waals surface area contributed by atoms with Gasteiger partial charge in [-0.3, -0.25) is 4.39 Å². The summed E-state index contributed by atoms with van der Waals surface area (Å²) in [6, 6.07) is 0. The predicted molar refractivity (Wildman–Crippen MR) is 20.9 cm³/mol. The standard InChI is InChI=1S/C3H2BF3O2.2K/c5-2(4(8)9)1-3(6)7;;/h1-2H;;/q-2;2*+1. The van der Waals surface area contributed by atoms with Crippen molar-refractivity contribution in [2.75, 3.05) is 0 Å². The van der Waals surface area contributed by atoms with E-state index in [0.717, 1.165) is 0 Å². The molecule has 0 amide bonds. The first-order valence-corrected chi connectivity index (χ1v) is 2.02. The third-order valence-corrected chi connectivity index (χ3v) is 0.545. The van der Waals surface area contributed by atoms with E-state index in [1.165, 1.54) is 0 Å². The van der Waals surface area contributed by atoms with Crippen molar-refractivity contribution in [1.82, 2.24) is 0 Å². The van der Waals surface area contributed by atoms with Crippen molar-refractivity contribution in [3.8, 4) is 0 Å². The summed E-state index contributed by atoms with van der Waals surface area (Å²) in [5, 5.41) is 18.9. The van der Waals surface area contributed by atoms with Crippen molar-refractivity contribution in [2.24, 2.45) is 0 Å². The van der Waals surface area contributed by atoms with E-state index >= 15 is 0 Å². The Kier molecular flexibility index (Phi) is 19.1. The second kappa shape index (κ2) is 10.9. The molecule has 8 heteroatoms. The van der Waals surface area contributed by atoms with Crippen molar-refractivity contribution in [3.63, 3.8) is 0 Å². The molecular weight excluding hydrogens is 214 g/mol. The smallest absolute Gasteiger partial charge is 0.891 e. The molecule has 0 aliphatic rings. The molecule has 0 bridgehead atoms. The summed E-state index contributed by atoms with van der Waals surface area (Å²) in [6.45, 7) is 0. The van der Waals surface area contributed by atoms with Gasteiger partial charge in [-0.1, -0.05) is 7.12 Å². The maximum Gasteiger partial charge on any atom is 1.00 e. The first kappa shape index (κ1) is 19.4.